The highest BCUT2D eigenvalue weighted by Crippen LogP contribution is 2.28. The molecule has 1 fully saturated rings. The second-order valence-corrected chi connectivity index (χ2v) is 8.67. The minimum absolute atomic E-state index is 0.00461. The number of likely N-dealkylation sites (tertiary alicyclic amines) is 1. The predicted molar refractivity (Wildman–Crippen MR) is 121 cm³/mol. The first-order chi connectivity index (χ1) is 15.0. The molecule has 0 spiro atoms. The van der Waals surface area contributed by atoms with Crippen molar-refractivity contribution in [2.45, 2.75) is 38.8 Å². The molecule has 0 aliphatic carbocycles. The van der Waals surface area contributed by atoms with E-state index in [0.717, 1.165) is 50.4 Å². The summed E-state index contributed by atoms with van der Waals surface area (Å²) < 4.78 is 7.44. The summed E-state index contributed by atoms with van der Waals surface area (Å²) in [5.74, 6) is 2.43. The predicted octanol–water partition coefficient (Wildman–Crippen LogP) is 3.92. The van der Waals surface area contributed by atoms with E-state index in [9.17, 15) is 4.79 Å². The van der Waals surface area contributed by atoms with E-state index in [4.69, 9.17) is 4.42 Å². The molecule has 1 aliphatic heterocycles. The number of aromatic nitrogens is 2. The zero-order valence-electron chi connectivity index (χ0n) is 18.7. The topological polar surface area (TPSA) is 54.5 Å². The molecule has 6 heteroatoms. The van der Waals surface area contributed by atoms with Crippen molar-refractivity contribution < 1.29 is 9.21 Å². The van der Waals surface area contributed by atoms with E-state index in [2.05, 4.69) is 40.3 Å². The molecule has 1 saturated heterocycles. The third kappa shape index (κ3) is 5.25. The normalized spacial score (nSPS) is 16.4. The first kappa shape index (κ1) is 21.4. The van der Waals surface area contributed by atoms with Gasteiger partial charge in [0.1, 0.15) is 17.2 Å². The average Bonchev–Trinajstić information content (AvgIpc) is 3.40. The van der Waals surface area contributed by atoms with Gasteiger partial charge in [-0.25, -0.2) is 0 Å². The van der Waals surface area contributed by atoms with Crippen LogP contribution in [0.15, 0.2) is 59.1 Å². The highest BCUT2D eigenvalue weighted by Gasteiger charge is 2.32. The first-order valence-corrected chi connectivity index (χ1v) is 11.1. The van der Waals surface area contributed by atoms with Crippen LogP contribution in [0.2, 0.25) is 0 Å². The minimum Gasteiger partial charge on any atom is -0.465 e. The van der Waals surface area contributed by atoms with Gasteiger partial charge < -0.3 is 9.32 Å². The summed E-state index contributed by atoms with van der Waals surface area (Å²) in [5, 5.41) is 4.33. The molecule has 0 N–H and O–H groups in total. The second kappa shape index (κ2) is 9.52. The molecular formula is C25H32N4O2. The Labute approximate surface area is 184 Å². The standard InChI is InChI=1S/C25H32N4O2/c1-19-9-10-22(31-19)18-29-15-11-21(12-16-29)24(17-20-7-5-4-6-8-20)28(3)25(30)23-13-14-27(2)26-23/h4-10,13-14,21,24H,11-12,15-18H2,1-3H3/t24-/m1/s1. The first-order valence-electron chi connectivity index (χ1n) is 11.1. The Balaban J connectivity index is 1.46. The van der Waals surface area contributed by atoms with Crippen LogP contribution in [0.3, 0.4) is 0 Å². The van der Waals surface area contributed by atoms with Crippen molar-refractivity contribution in [2.24, 2.45) is 13.0 Å². The summed E-state index contributed by atoms with van der Waals surface area (Å²) in [5.41, 5.74) is 1.77. The van der Waals surface area contributed by atoms with Gasteiger partial charge in [0.15, 0.2) is 0 Å². The number of nitrogens with zero attached hydrogens (tertiary/aromatic N) is 4. The van der Waals surface area contributed by atoms with Crippen LogP contribution in [-0.4, -0.2) is 51.7 Å². The van der Waals surface area contributed by atoms with Crippen molar-refractivity contribution >= 4 is 5.91 Å². The van der Waals surface area contributed by atoms with Crippen LogP contribution >= 0.6 is 0 Å². The number of carbonyl (C=O) groups excluding carboxylic acids is 1. The minimum atomic E-state index is -0.00461. The maximum atomic E-state index is 13.2. The van der Waals surface area contributed by atoms with Crippen LogP contribution in [-0.2, 0) is 20.0 Å². The smallest absolute Gasteiger partial charge is 0.274 e. The van der Waals surface area contributed by atoms with Crippen LogP contribution in [0.1, 0.15) is 40.4 Å². The summed E-state index contributed by atoms with van der Waals surface area (Å²) in [7, 11) is 3.77. The third-order valence-corrected chi connectivity index (χ3v) is 6.39. The lowest BCUT2D eigenvalue weighted by molar-refractivity contribution is 0.0573. The lowest BCUT2D eigenvalue weighted by Gasteiger charge is -2.39. The average molecular weight is 421 g/mol. The molecule has 1 aromatic carbocycles. The molecule has 1 aliphatic rings. The van der Waals surface area contributed by atoms with Crippen LogP contribution in [0.25, 0.3) is 0 Å². The lowest BCUT2D eigenvalue weighted by Crippen LogP contribution is -2.47. The third-order valence-electron chi connectivity index (χ3n) is 6.39. The Hall–Kier alpha value is -2.86. The molecule has 1 atom stereocenters. The van der Waals surface area contributed by atoms with Gasteiger partial charge >= 0.3 is 0 Å². The lowest BCUT2D eigenvalue weighted by atomic mass is 9.85. The summed E-state index contributed by atoms with van der Waals surface area (Å²) in [6.07, 6.45) is 4.81. The number of hydrogen-bond acceptors (Lipinski definition) is 4. The maximum absolute atomic E-state index is 13.2. The van der Waals surface area contributed by atoms with Crippen molar-refractivity contribution in [3.05, 3.63) is 77.5 Å². The van der Waals surface area contributed by atoms with Gasteiger partial charge in [-0.3, -0.25) is 14.4 Å². The van der Waals surface area contributed by atoms with Crippen LogP contribution in [0, 0.1) is 12.8 Å². The fourth-order valence-corrected chi connectivity index (χ4v) is 4.62. The van der Waals surface area contributed by atoms with Crippen LogP contribution < -0.4 is 0 Å². The molecular weight excluding hydrogens is 388 g/mol. The molecule has 31 heavy (non-hydrogen) atoms. The zero-order chi connectivity index (χ0) is 21.8. The van der Waals surface area contributed by atoms with Crippen molar-refractivity contribution in [2.75, 3.05) is 20.1 Å². The Morgan fingerprint density at radius 3 is 2.52 bits per heavy atom. The Morgan fingerprint density at radius 2 is 1.90 bits per heavy atom. The molecule has 2 aromatic heterocycles. The van der Waals surface area contributed by atoms with Crippen LogP contribution in [0.5, 0.6) is 0 Å². The van der Waals surface area contributed by atoms with E-state index in [1.807, 2.05) is 44.2 Å². The molecule has 164 valence electrons. The number of hydrogen-bond donors (Lipinski definition) is 0. The van der Waals surface area contributed by atoms with Crippen LogP contribution in [0.4, 0.5) is 0 Å². The van der Waals surface area contributed by atoms with E-state index in [0.29, 0.717) is 11.6 Å². The Morgan fingerprint density at radius 1 is 1.16 bits per heavy atom. The molecule has 6 nitrogen and oxygen atoms in total. The summed E-state index contributed by atoms with van der Waals surface area (Å²) >= 11 is 0. The molecule has 0 saturated carbocycles. The van der Waals surface area contributed by atoms with Gasteiger partial charge in [0.2, 0.25) is 0 Å². The maximum Gasteiger partial charge on any atom is 0.274 e. The highest BCUT2D eigenvalue weighted by atomic mass is 16.3. The van der Waals surface area contributed by atoms with E-state index >= 15 is 0 Å². The number of piperidine rings is 1. The summed E-state index contributed by atoms with van der Waals surface area (Å²) in [4.78, 5) is 17.5. The molecule has 1 amide bonds. The van der Waals surface area contributed by atoms with E-state index in [1.54, 1.807) is 10.7 Å². The van der Waals surface area contributed by atoms with Crippen molar-refractivity contribution in [3.63, 3.8) is 0 Å². The number of likely N-dealkylation sites (N-methyl/N-ethyl adjacent to an activating group) is 1. The largest absolute Gasteiger partial charge is 0.465 e. The van der Waals surface area contributed by atoms with Crippen molar-refractivity contribution in [1.29, 1.82) is 0 Å². The molecule has 0 radical (unpaired) electrons. The summed E-state index contributed by atoms with van der Waals surface area (Å²) in [6, 6.07) is 16.5. The number of benzene rings is 1. The number of furan rings is 1. The number of carbonyl (C=O) groups is 1. The molecule has 3 heterocycles. The van der Waals surface area contributed by atoms with Gasteiger partial charge in [-0.2, -0.15) is 5.10 Å². The van der Waals surface area contributed by atoms with E-state index in [1.165, 1.54) is 5.56 Å². The number of aryl methyl sites for hydroxylation is 2. The SMILES string of the molecule is Cc1ccc(CN2CCC([C@@H](Cc3ccccc3)N(C)C(=O)c3ccn(C)n3)CC2)o1. The Bertz CT molecular complexity index is 986. The number of amides is 1. The molecule has 3 aromatic rings. The summed E-state index contributed by atoms with van der Waals surface area (Å²) in [6.45, 7) is 4.87. The zero-order valence-corrected chi connectivity index (χ0v) is 18.7. The van der Waals surface area contributed by atoms with Gasteiger partial charge in [-0.05, 0) is 69.0 Å². The van der Waals surface area contributed by atoms with Gasteiger partial charge in [0.25, 0.3) is 5.91 Å². The second-order valence-electron chi connectivity index (χ2n) is 8.67. The van der Waals surface area contributed by atoms with E-state index in [-0.39, 0.29) is 11.9 Å². The quantitative estimate of drug-likeness (QED) is 0.581. The fourth-order valence-electron chi connectivity index (χ4n) is 4.62. The monoisotopic (exact) mass is 420 g/mol. The highest BCUT2D eigenvalue weighted by molar-refractivity contribution is 5.92. The van der Waals surface area contributed by atoms with Crippen molar-refractivity contribution in [3.8, 4) is 0 Å². The number of rotatable bonds is 7. The van der Waals surface area contributed by atoms with Gasteiger partial charge in [0, 0.05) is 26.3 Å². The van der Waals surface area contributed by atoms with Crippen molar-refractivity contribution in [1.82, 2.24) is 19.6 Å². The van der Waals surface area contributed by atoms with Gasteiger partial charge in [-0.1, -0.05) is 30.3 Å². The molecule has 0 bridgehead atoms. The van der Waals surface area contributed by atoms with Gasteiger partial charge in [0.05, 0.1) is 6.54 Å². The van der Waals surface area contributed by atoms with Gasteiger partial charge in [-0.15, -0.1) is 0 Å². The fraction of sp³-hybridized carbons (Fsp3) is 0.440. The molecule has 4 rings (SSSR count). The molecule has 0 unspecified atom stereocenters. The Kier molecular flexibility index (Phi) is 6.56. The van der Waals surface area contributed by atoms with E-state index < -0.39 is 0 Å².